The first-order valence-corrected chi connectivity index (χ1v) is 7.34. The van der Waals surface area contributed by atoms with E-state index in [1.165, 1.54) is 23.3 Å². The summed E-state index contributed by atoms with van der Waals surface area (Å²) in [6.07, 6.45) is -4.38. The summed E-state index contributed by atoms with van der Waals surface area (Å²) in [5.41, 5.74) is 7.79. The number of nitrogens with two attached hydrogens (primary N) is 1. The largest absolute Gasteiger partial charge is 0.416 e. The fourth-order valence-electron chi connectivity index (χ4n) is 1.80. The molecule has 0 spiro atoms. The topological polar surface area (TPSA) is 50.4 Å². The number of hydrogen-bond donors (Lipinski definition) is 2. The second-order valence-electron chi connectivity index (χ2n) is 4.74. The zero-order valence-electron chi connectivity index (χ0n) is 12.1. The molecule has 0 aromatic heterocycles. The van der Waals surface area contributed by atoms with Gasteiger partial charge in [-0.3, -0.25) is 4.99 Å². The molecule has 0 bridgehead atoms. The lowest BCUT2D eigenvalue weighted by atomic mass is 10.2. The van der Waals surface area contributed by atoms with E-state index < -0.39 is 11.7 Å². The van der Waals surface area contributed by atoms with Crippen molar-refractivity contribution in [2.45, 2.75) is 6.18 Å². The molecule has 122 valence electrons. The van der Waals surface area contributed by atoms with Crippen molar-refractivity contribution in [3.05, 3.63) is 54.1 Å². The van der Waals surface area contributed by atoms with Gasteiger partial charge in [0.25, 0.3) is 0 Å². The maximum atomic E-state index is 12.4. The van der Waals surface area contributed by atoms with Gasteiger partial charge in [0.2, 0.25) is 0 Å². The number of fused-ring (bicyclic) bond motifs is 1. The third kappa shape index (κ3) is 5.49. The van der Waals surface area contributed by atoms with Crippen molar-refractivity contribution in [3.63, 3.8) is 0 Å². The molecule has 3 rings (SSSR count). The summed E-state index contributed by atoms with van der Waals surface area (Å²) in [5.74, 6) is 0.329. The van der Waals surface area contributed by atoms with E-state index in [0.717, 1.165) is 12.1 Å². The van der Waals surface area contributed by atoms with Gasteiger partial charge in [-0.2, -0.15) is 13.2 Å². The number of halogens is 4. The number of alkyl halides is 4. The van der Waals surface area contributed by atoms with Crippen molar-refractivity contribution >= 4 is 23.2 Å². The van der Waals surface area contributed by atoms with E-state index in [4.69, 9.17) is 17.3 Å². The number of benzene rings is 2. The SMILES string of the molecule is NC(=NCCCl)Nc1cccc(C(F)(F)F)c1.c1cc2cc-2c1. The highest BCUT2D eigenvalue weighted by Gasteiger charge is 2.30. The van der Waals surface area contributed by atoms with E-state index in [2.05, 4.69) is 34.6 Å². The lowest BCUT2D eigenvalue weighted by Gasteiger charge is -2.09. The maximum absolute atomic E-state index is 12.4. The minimum atomic E-state index is -4.38. The Bertz CT molecular complexity index is 682. The van der Waals surface area contributed by atoms with Crippen molar-refractivity contribution in [2.24, 2.45) is 10.7 Å². The number of nitrogens with one attached hydrogen (secondary N) is 1. The number of nitrogens with zero attached hydrogens (tertiary/aromatic N) is 1. The van der Waals surface area contributed by atoms with E-state index in [0.29, 0.717) is 12.4 Å². The van der Waals surface area contributed by atoms with Crippen LogP contribution in [-0.2, 0) is 6.18 Å². The first kappa shape index (κ1) is 17.1. The van der Waals surface area contributed by atoms with Crippen molar-refractivity contribution < 1.29 is 13.2 Å². The average Bonchev–Trinajstić information content (AvgIpc) is 3.11. The van der Waals surface area contributed by atoms with Gasteiger partial charge < -0.3 is 11.1 Å². The lowest BCUT2D eigenvalue weighted by molar-refractivity contribution is -0.137. The van der Waals surface area contributed by atoms with Crippen LogP contribution in [0.4, 0.5) is 18.9 Å². The summed E-state index contributed by atoms with van der Waals surface area (Å²) >= 11 is 5.39. The van der Waals surface area contributed by atoms with Crippen molar-refractivity contribution in [2.75, 3.05) is 17.7 Å². The van der Waals surface area contributed by atoms with E-state index in [-0.39, 0.29) is 11.6 Å². The average molecular weight is 342 g/mol. The smallest absolute Gasteiger partial charge is 0.370 e. The Labute approximate surface area is 137 Å². The molecule has 2 aliphatic carbocycles. The van der Waals surface area contributed by atoms with Gasteiger partial charge in [-0.25, -0.2) is 0 Å². The summed E-state index contributed by atoms with van der Waals surface area (Å²) in [5, 5.41) is 2.56. The third-order valence-electron chi connectivity index (χ3n) is 2.94. The Balaban J connectivity index is 0.000000260. The molecule has 0 atom stereocenters. The fourth-order valence-corrected chi connectivity index (χ4v) is 1.88. The number of guanidine groups is 1. The maximum Gasteiger partial charge on any atom is 0.416 e. The molecule has 0 saturated heterocycles. The minimum Gasteiger partial charge on any atom is -0.370 e. The highest BCUT2D eigenvalue weighted by Crippen LogP contribution is 2.32. The van der Waals surface area contributed by atoms with E-state index >= 15 is 0 Å². The molecular formula is C16H15ClF3N3. The Hall–Kier alpha value is -2.21. The van der Waals surface area contributed by atoms with Gasteiger partial charge in [0.15, 0.2) is 5.96 Å². The van der Waals surface area contributed by atoms with Crippen LogP contribution < -0.4 is 11.1 Å². The monoisotopic (exact) mass is 341 g/mol. The Morgan fingerprint density at radius 2 is 1.74 bits per heavy atom. The van der Waals surface area contributed by atoms with Crippen LogP contribution in [0.3, 0.4) is 0 Å². The van der Waals surface area contributed by atoms with Crippen LogP contribution in [0.2, 0.25) is 0 Å². The van der Waals surface area contributed by atoms with Gasteiger partial charge in [0, 0.05) is 11.6 Å². The van der Waals surface area contributed by atoms with Gasteiger partial charge in [-0.15, -0.1) is 11.6 Å². The van der Waals surface area contributed by atoms with Crippen molar-refractivity contribution in [3.8, 4) is 11.1 Å². The molecular weight excluding hydrogens is 327 g/mol. The zero-order chi connectivity index (χ0) is 16.9. The van der Waals surface area contributed by atoms with E-state index in [1.54, 1.807) is 0 Å². The molecule has 0 unspecified atom stereocenters. The van der Waals surface area contributed by atoms with Gasteiger partial charge in [0.1, 0.15) is 0 Å². The second kappa shape index (κ2) is 7.37. The summed E-state index contributed by atoms with van der Waals surface area (Å²) < 4.78 is 37.2. The van der Waals surface area contributed by atoms with Crippen LogP contribution in [-0.4, -0.2) is 18.4 Å². The predicted molar refractivity (Wildman–Crippen MR) is 87.7 cm³/mol. The second-order valence-corrected chi connectivity index (χ2v) is 5.12. The minimum absolute atomic E-state index is 0.0324. The molecule has 1 aromatic rings. The first-order valence-electron chi connectivity index (χ1n) is 6.81. The highest BCUT2D eigenvalue weighted by molar-refractivity contribution is 6.18. The summed E-state index contributed by atoms with van der Waals surface area (Å²) in [6, 6.07) is 13.2. The fraction of sp³-hybridized carbons (Fsp3) is 0.188. The molecule has 0 fully saturated rings. The summed E-state index contributed by atoms with van der Waals surface area (Å²) in [7, 11) is 0. The molecule has 3 nitrogen and oxygen atoms in total. The normalized spacial score (nSPS) is 12.3. The number of rotatable bonds is 3. The molecule has 3 N–H and O–H groups in total. The van der Waals surface area contributed by atoms with Crippen LogP contribution in [0, 0.1) is 0 Å². The third-order valence-corrected chi connectivity index (χ3v) is 3.11. The zero-order valence-corrected chi connectivity index (χ0v) is 12.8. The summed E-state index contributed by atoms with van der Waals surface area (Å²) in [6.45, 7) is 0.305. The Morgan fingerprint density at radius 3 is 2.22 bits per heavy atom. The molecule has 7 heteroatoms. The van der Waals surface area contributed by atoms with Crippen LogP contribution in [0.1, 0.15) is 5.56 Å². The van der Waals surface area contributed by atoms with Crippen LogP contribution in [0.5, 0.6) is 0 Å². The van der Waals surface area contributed by atoms with E-state index in [9.17, 15) is 13.2 Å². The van der Waals surface area contributed by atoms with Crippen LogP contribution >= 0.6 is 11.6 Å². The molecule has 0 aliphatic heterocycles. The molecule has 2 aliphatic rings. The Kier molecular flexibility index (Phi) is 5.50. The summed E-state index contributed by atoms with van der Waals surface area (Å²) in [4.78, 5) is 3.80. The van der Waals surface area contributed by atoms with Crippen LogP contribution in [0.25, 0.3) is 11.1 Å². The molecule has 1 aromatic carbocycles. The molecule has 0 heterocycles. The van der Waals surface area contributed by atoms with Crippen molar-refractivity contribution in [1.29, 1.82) is 0 Å². The van der Waals surface area contributed by atoms with Crippen LogP contribution in [0.15, 0.2) is 53.5 Å². The van der Waals surface area contributed by atoms with Gasteiger partial charge in [0.05, 0.1) is 12.1 Å². The first-order chi connectivity index (χ1) is 10.9. The van der Waals surface area contributed by atoms with Crippen molar-refractivity contribution in [1.82, 2.24) is 0 Å². The number of hydrogen-bond acceptors (Lipinski definition) is 1. The number of aliphatic imine (C=N–C) groups is 1. The standard InChI is InChI=1S/C10H11ClF3N3.C6H4/c11-4-5-16-9(15)17-8-3-1-2-7(6-8)10(12,13)14;1-2-5-4-6(5)3-1/h1-3,6H,4-5H2,(H3,15,16,17);1-4H. The molecule has 0 amide bonds. The molecule has 0 radical (unpaired) electrons. The van der Waals surface area contributed by atoms with Gasteiger partial charge >= 0.3 is 6.18 Å². The van der Waals surface area contributed by atoms with Gasteiger partial charge in [-0.1, -0.05) is 24.3 Å². The van der Waals surface area contributed by atoms with Gasteiger partial charge in [-0.05, 0) is 35.4 Å². The lowest BCUT2D eigenvalue weighted by Crippen LogP contribution is -2.23. The predicted octanol–water partition coefficient (Wildman–Crippen LogP) is 4.34. The Morgan fingerprint density at radius 1 is 1.09 bits per heavy atom. The molecule has 0 saturated carbocycles. The highest BCUT2D eigenvalue weighted by atomic mass is 35.5. The quantitative estimate of drug-likeness (QED) is 0.423. The molecule has 23 heavy (non-hydrogen) atoms. The van der Waals surface area contributed by atoms with E-state index in [1.807, 2.05) is 0 Å². The number of anilines is 1.